The maximum Gasteiger partial charge on any atom is 0.186 e. The highest BCUT2D eigenvalue weighted by Crippen LogP contribution is 2.46. The zero-order valence-corrected chi connectivity index (χ0v) is 38.0. The molecule has 0 bridgehead atoms. The standard InChI is InChI=1S/C62H36F4N6/c63-58-57(41-23-29-45(30-24-41)69(44-25-19-39(37-67)20-26-44)47-31-33-55-51(35-47)49-15-7-9-17-53(49)71(55)42-11-3-1-4-12-42)59(64)61(66)62(60(58)65)70(46-27-21-40(38-68)22-28-46)48-32-34-56-52(36-48)50-16-8-10-18-54(50)72(56)43-13-5-2-6-14-43/h1-36H. The molecule has 0 fully saturated rings. The molecule has 0 saturated carbocycles. The van der Waals surface area contributed by atoms with Crippen molar-refractivity contribution in [2.24, 2.45) is 0 Å². The Kier molecular flexibility index (Phi) is 10.6. The van der Waals surface area contributed by atoms with Crippen LogP contribution >= 0.6 is 0 Å². The lowest BCUT2D eigenvalue weighted by atomic mass is 10.0. The van der Waals surface area contributed by atoms with Crippen LogP contribution in [-0.4, -0.2) is 9.13 Å². The van der Waals surface area contributed by atoms with Crippen molar-refractivity contribution in [3.05, 3.63) is 253 Å². The normalized spacial score (nSPS) is 11.3. The predicted molar refractivity (Wildman–Crippen MR) is 279 cm³/mol. The minimum Gasteiger partial charge on any atom is -0.310 e. The molecule has 0 unspecified atom stereocenters. The van der Waals surface area contributed by atoms with Crippen LogP contribution in [0.2, 0.25) is 0 Å². The first-order chi connectivity index (χ1) is 35.3. The number of halogens is 4. The molecule has 72 heavy (non-hydrogen) atoms. The first-order valence-corrected chi connectivity index (χ1v) is 23.1. The lowest BCUT2D eigenvalue weighted by molar-refractivity contribution is 0.461. The Labute approximate surface area is 410 Å². The first-order valence-electron chi connectivity index (χ1n) is 23.1. The number of hydrogen-bond donors (Lipinski definition) is 0. The third kappa shape index (κ3) is 7.09. The molecule has 0 radical (unpaired) electrons. The van der Waals surface area contributed by atoms with Gasteiger partial charge in [0, 0.05) is 61.4 Å². The van der Waals surface area contributed by atoms with Gasteiger partial charge in [-0.25, -0.2) is 17.6 Å². The summed E-state index contributed by atoms with van der Waals surface area (Å²) in [6.45, 7) is 0. The van der Waals surface area contributed by atoms with Gasteiger partial charge < -0.3 is 18.9 Å². The summed E-state index contributed by atoms with van der Waals surface area (Å²) in [6.07, 6.45) is 0. The Morgan fingerprint density at radius 2 is 0.694 bits per heavy atom. The van der Waals surface area contributed by atoms with Crippen molar-refractivity contribution in [3.63, 3.8) is 0 Å². The molecule has 0 saturated heterocycles. The molecule has 10 heteroatoms. The third-order valence-electron chi connectivity index (χ3n) is 13.2. The molecular weight excluding hydrogens is 905 g/mol. The van der Waals surface area contributed by atoms with Crippen LogP contribution in [0.5, 0.6) is 0 Å². The fourth-order valence-corrected chi connectivity index (χ4v) is 9.98. The number of rotatable bonds is 9. The van der Waals surface area contributed by atoms with Crippen LogP contribution in [0, 0.1) is 45.9 Å². The summed E-state index contributed by atoms with van der Waals surface area (Å²) in [7, 11) is 0. The van der Waals surface area contributed by atoms with Crippen molar-refractivity contribution in [2.75, 3.05) is 9.80 Å². The largest absolute Gasteiger partial charge is 0.310 e. The quantitative estimate of drug-likeness (QED) is 0.107. The topological polar surface area (TPSA) is 63.9 Å². The minimum atomic E-state index is -1.61. The molecule has 2 heterocycles. The van der Waals surface area contributed by atoms with Gasteiger partial charge in [-0.2, -0.15) is 10.5 Å². The van der Waals surface area contributed by atoms with E-state index in [4.69, 9.17) is 0 Å². The number of nitrogens with zero attached hydrogens (tertiary/aromatic N) is 6. The van der Waals surface area contributed by atoms with Gasteiger partial charge in [0.2, 0.25) is 0 Å². The zero-order valence-electron chi connectivity index (χ0n) is 38.0. The molecule has 6 nitrogen and oxygen atoms in total. The van der Waals surface area contributed by atoms with Gasteiger partial charge in [-0.05, 0) is 139 Å². The molecule has 0 spiro atoms. The average molecular weight is 941 g/mol. The first kappa shape index (κ1) is 43.4. The Balaban J connectivity index is 0.977. The number of para-hydroxylation sites is 4. The Morgan fingerprint density at radius 1 is 0.333 bits per heavy atom. The Morgan fingerprint density at radius 3 is 1.14 bits per heavy atom. The highest BCUT2D eigenvalue weighted by atomic mass is 19.2. The SMILES string of the molecule is N#Cc1ccc(N(c2ccc(-c3c(F)c(F)c(N(c4ccc(C#N)cc4)c4ccc5c(c4)c4ccccc4n5-c4ccccc4)c(F)c3F)cc2)c2ccc3c(c2)c2ccccc2n3-c2ccccc2)cc1. The monoisotopic (exact) mass is 940 g/mol. The second kappa shape index (κ2) is 17.6. The second-order valence-corrected chi connectivity index (χ2v) is 17.3. The van der Waals surface area contributed by atoms with E-state index in [9.17, 15) is 10.5 Å². The van der Waals surface area contributed by atoms with E-state index in [0.29, 0.717) is 16.9 Å². The molecule has 2 aromatic heterocycles. The molecule has 10 aromatic carbocycles. The molecule has 12 rings (SSSR count). The summed E-state index contributed by atoms with van der Waals surface area (Å²) >= 11 is 0. The van der Waals surface area contributed by atoms with Crippen LogP contribution in [0.4, 0.5) is 51.7 Å². The van der Waals surface area contributed by atoms with E-state index in [1.165, 1.54) is 36.4 Å². The average Bonchev–Trinajstić information content (AvgIpc) is 3.95. The van der Waals surface area contributed by atoms with Crippen LogP contribution < -0.4 is 9.80 Å². The summed E-state index contributed by atoms with van der Waals surface area (Å²) in [4.78, 5) is 3.09. The molecule has 0 aliphatic rings. The van der Waals surface area contributed by atoms with Crippen molar-refractivity contribution in [1.82, 2.24) is 9.13 Å². The predicted octanol–water partition coefficient (Wildman–Crippen LogP) is 16.8. The van der Waals surface area contributed by atoms with Gasteiger partial charge in [-0.1, -0.05) is 84.9 Å². The smallest absolute Gasteiger partial charge is 0.186 e. The molecule has 0 aliphatic heterocycles. The summed E-state index contributed by atoms with van der Waals surface area (Å²) in [5, 5.41) is 22.8. The van der Waals surface area contributed by atoms with Gasteiger partial charge in [-0.3, -0.25) is 0 Å². The van der Waals surface area contributed by atoms with Crippen molar-refractivity contribution in [2.45, 2.75) is 0 Å². The number of nitriles is 2. The van der Waals surface area contributed by atoms with Gasteiger partial charge >= 0.3 is 0 Å². The van der Waals surface area contributed by atoms with Crippen molar-refractivity contribution in [3.8, 4) is 34.6 Å². The van der Waals surface area contributed by atoms with E-state index in [1.54, 1.807) is 36.4 Å². The molecular formula is C62H36F4N6. The van der Waals surface area contributed by atoms with E-state index in [-0.39, 0.29) is 22.5 Å². The lowest BCUT2D eigenvalue weighted by Crippen LogP contribution is -2.16. The molecule has 0 N–H and O–H groups in total. The summed E-state index contributed by atoms with van der Waals surface area (Å²) in [5.41, 5.74) is 6.81. The molecule has 342 valence electrons. The number of benzene rings is 10. The van der Waals surface area contributed by atoms with Crippen molar-refractivity contribution >= 4 is 77.7 Å². The summed E-state index contributed by atoms with van der Waals surface area (Å²) < 4.78 is 72.3. The van der Waals surface area contributed by atoms with Gasteiger partial charge in [0.15, 0.2) is 23.3 Å². The van der Waals surface area contributed by atoms with Crippen LogP contribution in [-0.2, 0) is 0 Å². The zero-order chi connectivity index (χ0) is 49.0. The fraction of sp³-hybridized carbons (Fsp3) is 0. The van der Waals surface area contributed by atoms with Crippen LogP contribution in [0.3, 0.4) is 0 Å². The van der Waals surface area contributed by atoms with Gasteiger partial charge in [-0.15, -0.1) is 0 Å². The Bertz CT molecular complexity index is 4130. The number of anilines is 6. The second-order valence-electron chi connectivity index (χ2n) is 17.3. The van der Waals surface area contributed by atoms with E-state index in [1.807, 2.05) is 120 Å². The molecule has 0 amide bonds. The van der Waals surface area contributed by atoms with E-state index < -0.39 is 34.5 Å². The van der Waals surface area contributed by atoms with E-state index in [0.717, 1.165) is 65.6 Å². The maximum absolute atomic E-state index is 17.1. The van der Waals surface area contributed by atoms with Gasteiger partial charge in [0.05, 0.1) is 50.9 Å². The van der Waals surface area contributed by atoms with Gasteiger partial charge in [0.25, 0.3) is 0 Å². The highest BCUT2D eigenvalue weighted by Gasteiger charge is 2.32. The number of aromatic nitrogens is 2. The van der Waals surface area contributed by atoms with Crippen LogP contribution in [0.1, 0.15) is 11.1 Å². The van der Waals surface area contributed by atoms with Crippen molar-refractivity contribution in [1.29, 1.82) is 10.5 Å². The minimum absolute atomic E-state index is 0.0978. The Hall–Kier alpha value is -9.90. The number of hydrogen-bond acceptors (Lipinski definition) is 4. The molecule has 0 aliphatic carbocycles. The third-order valence-corrected chi connectivity index (χ3v) is 13.2. The van der Waals surface area contributed by atoms with E-state index >= 15 is 17.6 Å². The maximum atomic E-state index is 17.1. The molecule has 12 aromatic rings. The molecule has 0 atom stereocenters. The number of fused-ring (bicyclic) bond motifs is 6. The van der Waals surface area contributed by atoms with E-state index in [2.05, 4.69) is 51.6 Å². The lowest BCUT2D eigenvalue weighted by Gasteiger charge is -2.28. The summed E-state index contributed by atoms with van der Waals surface area (Å²) in [6, 6.07) is 70.3. The van der Waals surface area contributed by atoms with Crippen molar-refractivity contribution < 1.29 is 17.6 Å². The highest BCUT2D eigenvalue weighted by molar-refractivity contribution is 6.12. The fourth-order valence-electron chi connectivity index (χ4n) is 9.98. The van der Waals surface area contributed by atoms with Gasteiger partial charge in [0.1, 0.15) is 5.69 Å². The van der Waals surface area contributed by atoms with Crippen LogP contribution in [0.15, 0.2) is 218 Å². The summed E-state index contributed by atoms with van der Waals surface area (Å²) in [5.74, 6) is -6.37. The van der Waals surface area contributed by atoms with Crippen LogP contribution in [0.25, 0.3) is 66.1 Å².